The number of aromatic nitrogens is 1. The summed E-state index contributed by atoms with van der Waals surface area (Å²) in [7, 11) is 0. The molecule has 3 heterocycles. The fraction of sp³-hybridized carbons (Fsp3) is 0.400. The van der Waals surface area contributed by atoms with Crippen molar-refractivity contribution in [2.75, 3.05) is 24.7 Å². The summed E-state index contributed by atoms with van der Waals surface area (Å²) in [6.07, 6.45) is 4.92. The monoisotopic (exact) mass is 515 g/mol. The number of Topliss-reactive ketones (excluding diaryl/α,β-unsaturated/α-hetero) is 1. The van der Waals surface area contributed by atoms with Crippen LogP contribution in [0.2, 0.25) is 10.0 Å². The molecule has 0 bridgehead atoms. The lowest BCUT2D eigenvalue weighted by molar-refractivity contribution is -0.139. The lowest BCUT2D eigenvalue weighted by Crippen LogP contribution is -2.54. The summed E-state index contributed by atoms with van der Waals surface area (Å²) in [4.78, 5) is 47.6. The third-order valence-electron chi connectivity index (χ3n) is 7.14. The number of hydrogen-bond acceptors (Lipinski definition) is 6. The van der Waals surface area contributed by atoms with Gasteiger partial charge in [-0.3, -0.25) is 19.6 Å². The van der Waals surface area contributed by atoms with Gasteiger partial charge in [0, 0.05) is 56.4 Å². The van der Waals surface area contributed by atoms with Crippen molar-refractivity contribution in [2.45, 2.75) is 38.1 Å². The van der Waals surface area contributed by atoms with E-state index in [2.05, 4.69) is 9.98 Å². The van der Waals surface area contributed by atoms with E-state index in [1.807, 2.05) is 18.2 Å². The van der Waals surface area contributed by atoms with Gasteiger partial charge in [-0.15, -0.1) is 0 Å². The number of rotatable bonds is 5. The van der Waals surface area contributed by atoms with E-state index < -0.39 is 17.4 Å². The van der Waals surface area contributed by atoms with Crippen LogP contribution in [0, 0.1) is 5.41 Å². The van der Waals surface area contributed by atoms with Crippen molar-refractivity contribution in [1.82, 2.24) is 4.98 Å². The van der Waals surface area contributed by atoms with Crippen LogP contribution in [0.1, 0.15) is 40.7 Å². The highest BCUT2D eigenvalue weighted by Gasteiger charge is 2.52. The maximum atomic E-state index is 13.1. The maximum absolute atomic E-state index is 13.1. The molecule has 35 heavy (non-hydrogen) atoms. The zero-order valence-corrected chi connectivity index (χ0v) is 20.3. The second-order valence-corrected chi connectivity index (χ2v) is 9.89. The van der Waals surface area contributed by atoms with E-state index in [1.165, 1.54) is 12.4 Å². The Hall–Kier alpha value is -2.81. The third-order valence-corrected chi connectivity index (χ3v) is 7.71. The van der Waals surface area contributed by atoms with Crippen LogP contribution in [0.15, 0.2) is 35.6 Å². The van der Waals surface area contributed by atoms with Gasteiger partial charge in [-0.25, -0.2) is 4.79 Å². The number of hydrogen-bond donors (Lipinski definition) is 1. The van der Waals surface area contributed by atoms with E-state index in [0.717, 1.165) is 16.8 Å². The standard InChI is InChI=1S/C25H23Cl2N3O5/c26-16-12-28-13-17(27)22(16)23(32)30-6-3-15-9-14(1-2-19(15)30)10-18(24(33)34)29-20-11-21(31)25(20)4-7-35-8-5-25/h1-2,9,12-13,18H,3-8,10-11H2,(H,33,34). The molecule has 3 aliphatic rings. The first-order chi connectivity index (χ1) is 16.8. The topological polar surface area (TPSA) is 109 Å². The van der Waals surface area contributed by atoms with Crippen molar-refractivity contribution < 1.29 is 24.2 Å². The van der Waals surface area contributed by atoms with E-state index in [9.17, 15) is 19.5 Å². The van der Waals surface area contributed by atoms with Crippen molar-refractivity contribution in [2.24, 2.45) is 10.4 Å². The molecule has 1 amide bonds. The van der Waals surface area contributed by atoms with E-state index in [4.69, 9.17) is 27.9 Å². The van der Waals surface area contributed by atoms with Gasteiger partial charge >= 0.3 is 5.97 Å². The number of carbonyl (C=O) groups excluding carboxylic acids is 2. The Labute approximate surface area is 211 Å². The van der Waals surface area contributed by atoms with Crippen LogP contribution < -0.4 is 4.90 Å². The zero-order valence-electron chi connectivity index (χ0n) is 18.8. The Morgan fingerprint density at radius 2 is 1.91 bits per heavy atom. The number of fused-ring (bicyclic) bond motifs is 1. The number of carboxylic acid groups (broad SMARTS) is 1. The lowest BCUT2D eigenvalue weighted by Gasteiger charge is -2.44. The van der Waals surface area contributed by atoms with Gasteiger partial charge in [0.1, 0.15) is 5.78 Å². The summed E-state index contributed by atoms with van der Waals surface area (Å²) < 4.78 is 5.39. The number of pyridine rings is 1. The van der Waals surface area contributed by atoms with E-state index in [-0.39, 0.29) is 40.1 Å². The number of nitrogens with zero attached hydrogens (tertiary/aromatic N) is 3. The predicted molar refractivity (Wildman–Crippen MR) is 131 cm³/mol. The predicted octanol–water partition coefficient (Wildman–Crippen LogP) is 3.80. The Morgan fingerprint density at radius 1 is 1.20 bits per heavy atom. The Morgan fingerprint density at radius 3 is 2.57 bits per heavy atom. The van der Waals surface area contributed by atoms with E-state index >= 15 is 0 Å². The molecule has 5 rings (SSSR count). The number of aliphatic carboxylic acids is 1. The van der Waals surface area contributed by atoms with Crippen molar-refractivity contribution in [3.8, 4) is 0 Å². The van der Waals surface area contributed by atoms with Crippen molar-refractivity contribution in [3.05, 3.63) is 57.3 Å². The second-order valence-electron chi connectivity index (χ2n) is 9.08. The molecule has 10 heteroatoms. The van der Waals surface area contributed by atoms with Crippen LogP contribution in [-0.4, -0.2) is 59.3 Å². The lowest BCUT2D eigenvalue weighted by atomic mass is 9.61. The number of ether oxygens (including phenoxy) is 1. The molecule has 1 spiro atoms. The SMILES string of the molecule is O=C(O)C(Cc1ccc2c(c1)CCN2C(=O)c1c(Cl)cncc1Cl)N=C1CC(=O)C12CCOCC2. The summed E-state index contributed by atoms with van der Waals surface area (Å²) in [5, 5.41) is 10.2. The molecule has 1 N–H and O–H groups in total. The van der Waals surface area contributed by atoms with Gasteiger partial charge in [-0.2, -0.15) is 0 Å². The van der Waals surface area contributed by atoms with Gasteiger partial charge in [0.25, 0.3) is 5.91 Å². The van der Waals surface area contributed by atoms with Crippen LogP contribution in [0.4, 0.5) is 5.69 Å². The minimum absolute atomic E-state index is 0.125. The molecular weight excluding hydrogens is 493 g/mol. The molecule has 2 aliphatic heterocycles. The number of amides is 1. The first-order valence-corrected chi connectivity index (χ1v) is 12.2. The average Bonchev–Trinajstić information content (AvgIpc) is 3.26. The molecule has 2 fully saturated rings. The van der Waals surface area contributed by atoms with E-state index in [1.54, 1.807) is 4.90 Å². The van der Waals surface area contributed by atoms with Crippen LogP contribution in [0.25, 0.3) is 0 Å². The molecule has 2 aromatic rings. The van der Waals surface area contributed by atoms with Gasteiger partial charge in [-0.1, -0.05) is 35.3 Å². The summed E-state index contributed by atoms with van der Waals surface area (Å²) in [5.41, 5.74) is 2.74. The fourth-order valence-electron chi connectivity index (χ4n) is 5.14. The first kappa shape index (κ1) is 23.9. The van der Waals surface area contributed by atoms with Gasteiger partial charge in [0.2, 0.25) is 0 Å². The molecule has 1 aliphatic carbocycles. The van der Waals surface area contributed by atoms with Gasteiger partial charge in [0.15, 0.2) is 6.04 Å². The number of aliphatic imine (C=N–C) groups is 1. The zero-order chi connectivity index (χ0) is 24.7. The largest absolute Gasteiger partial charge is 0.480 e. The molecule has 1 saturated carbocycles. The van der Waals surface area contributed by atoms with Gasteiger partial charge in [-0.05, 0) is 36.5 Å². The average molecular weight is 516 g/mol. The molecule has 0 radical (unpaired) electrons. The molecule has 1 aromatic carbocycles. The number of carbonyl (C=O) groups is 3. The van der Waals surface area contributed by atoms with Crippen LogP contribution in [-0.2, 0) is 27.2 Å². The molecule has 1 atom stereocenters. The molecule has 1 unspecified atom stereocenters. The Kier molecular flexibility index (Phi) is 6.38. The van der Waals surface area contributed by atoms with Crippen molar-refractivity contribution >= 4 is 52.3 Å². The third kappa shape index (κ3) is 4.24. The van der Waals surface area contributed by atoms with Gasteiger partial charge in [0.05, 0.1) is 21.0 Å². The highest BCUT2D eigenvalue weighted by atomic mass is 35.5. The number of benzene rings is 1. The van der Waals surface area contributed by atoms with Crippen LogP contribution >= 0.6 is 23.2 Å². The number of anilines is 1. The fourth-order valence-corrected chi connectivity index (χ4v) is 5.67. The number of ketones is 1. The summed E-state index contributed by atoms with van der Waals surface area (Å²) in [5.74, 6) is -1.21. The smallest absolute Gasteiger partial charge is 0.328 e. The van der Waals surface area contributed by atoms with Crippen LogP contribution in [0.3, 0.4) is 0 Å². The summed E-state index contributed by atoms with van der Waals surface area (Å²) in [6, 6.07) is 4.57. The minimum atomic E-state index is -1.03. The maximum Gasteiger partial charge on any atom is 0.328 e. The minimum Gasteiger partial charge on any atom is -0.480 e. The quantitative estimate of drug-likeness (QED) is 0.648. The molecule has 1 aromatic heterocycles. The molecule has 8 nitrogen and oxygen atoms in total. The van der Waals surface area contributed by atoms with E-state index in [0.29, 0.717) is 44.7 Å². The molecular formula is C25H23Cl2N3O5. The first-order valence-electron chi connectivity index (χ1n) is 11.4. The van der Waals surface area contributed by atoms with Crippen LogP contribution in [0.5, 0.6) is 0 Å². The van der Waals surface area contributed by atoms with Gasteiger partial charge < -0.3 is 14.7 Å². The van der Waals surface area contributed by atoms with Crippen molar-refractivity contribution in [3.63, 3.8) is 0 Å². The highest BCUT2D eigenvalue weighted by molar-refractivity contribution is 6.40. The van der Waals surface area contributed by atoms with Crippen molar-refractivity contribution in [1.29, 1.82) is 0 Å². The Bertz CT molecular complexity index is 1240. The number of halogens is 2. The Balaban J connectivity index is 1.36. The molecule has 1 saturated heterocycles. The highest BCUT2D eigenvalue weighted by Crippen LogP contribution is 2.43. The summed E-state index contributed by atoms with van der Waals surface area (Å²) in [6.45, 7) is 1.43. The second kappa shape index (κ2) is 9.33. The normalized spacial score (nSPS) is 20.6. The number of carboxylic acids is 1. The summed E-state index contributed by atoms with van der Waals surface area (Å²) >= 11 is 12.3. The molecule has 182 valence electrons.